The van der Waals surface area contributed by atoms with Crippen LogP contribution < -0.4 is 10.1 Å². The third kappa shape index (κ3) is 5.60. The van der Waals surface area contributed by atoms with Crippen molar-refractivity contribution in [2.75, 3.05) is 18.9 Å². The van der Waals surface area contributed by atoms with Gasteiger partial charge in [-0.2, -0.15) is 0 Å². The lowest BCUT2D eigenvalue weighted by Crippen LogP contribution is -2.29. The van der Waals surface area contributed by atoms with Crippen LogP contribution in [0, 0.1) is 13.8 Å². The molecule has 0 unspecified atom stereocenters. The first kappa shape index (κ1) is 20.9. The van der Waals surface area contributed by atoms with Crippen molar-refractivity contribution in [3.63, 3.8) is 0 Å². The van der Waals surface area contributed by atoms with E-state index in [-0.39, 0.29) is 11.7 Å². The summed E-state index contributed by atoms with van der Waals surface area (Å²) in [6.45, 7) is 7.75. The molecule has 0 atom stereocenters. The Morgan fingerprint density at radius 2 is 1.93 bits per heavy atom. The van der Waals surface area contributed by atoms with Crippen LogP contribution in [-0.4, -0.2) is 39.6 Å². The minimum Gasteiger partial charge on any atom is -0.491 e. The third-order valence-electron chi connectivity index (χ3n) is 4.41. The predicted octanol–water partition coefficient (Wildman–Crippen LogP) is 3.87. The van der Waals surface area contributed by atoms with Crippen molar-refractivity contribution in [3.05, 3.63) is 59.7 Å². The van der Waals surface area contributed by atoms with Gasteiger partial charge in [0.25, 0.3) is 0 Å². The molecule has 1 aromatic heterocycles. The second kappa shape index (κ2) is 10.1. The number of aryl methyl sites for hydroxylation is 2. The van der Waals surface area contributed by atoms with Crippen LogP contribution >= 0.6 is 11.8 Å². The monoisotopic (exact) mass is 410 g/mol. The minimum absolute atomic E-state index is 0.0499. The third-order valence-corrected chi connectivity index (χ3v) is 5.38. The molecule has 0 saturated heterocycles. The van der Waals surface area contributed by atoms with Crippen molar-refractivity contribution >= 4 is 17.7 Å². The molecular weight excluding hydrogens is 384 g/mol. The van der Waals surface area contributed by atoms with Crippen molar-refractivity contribution in [3.8, 4) is 17.1 Å². The van der Waals surface area contributed by atoms with Crippen molar-refractivity contribution < 1.29 is 9.53 Å². The summed E-state index contributed by atoms with van der Waals surface area (Å²) in [7, 11) is 0. The molecule has 0 bridgehead atoms. The van der Waals surface area contributed by atoms with Crippen LogP contribution in [-0.2, 0) is 11.3 Å². The van der Waals surface area contributed by atoms with Gasteiger partial charge in [-0.3, -0.25) is 4.79 Å². The Morgan fingerprint density at radius 3 is 2.66 bits per heavy atom. The molecule has 0 saturated carbocycles. The molecule has 0 aliphatic rings. The molecule has 2 aromatic carbocycles. The second-order valence-corrected chi connectivity index (χ2v) is 7.62. The zero-order valence-corrected chi connectivity index (χ0v) is 17.8. The molecule has 3 rings (SSSR count). The SMILES string of the molecule is CCn1c(SCC(=O)NCCOc2ccc(C)cc2C)nnc1-c1ccccc1. The van der Waals surface area contributed by atoms with Crippen LogP contribution in [0.1, 0.15) is 18.1 Å². The van der Waals surface area contributed by atoms with Crippen molar-refractivity contribution in [2.24, 2.45) is 0 Å². The van der Waals surface area contributed by atoms with Crippen molar-refractivity contribution in [1.29, 1.82) is 0 Å². The zero-order valence-electron chi connectivity index (χ0n) is 17.0. The molecule has 1 amide bonds. The molecule has 0 aliphatic carbocycles. The molecule has 6 nitrogen and oxygen atoms in total. The number of carbonyl (C=O) groups excluding carboxylic acids is 1. The average molecular weight is 411 g/mol. The lowest BCUT2D eigenvalue weighted by Gasteiger charge is -2.10. The second-order valence-electron chi connectivity index (χ2n) is 6.67. The lowest BCUT2D eigenvalue weighted by molar-refractivity contribution is -0.118. The lowest BCUT2D eigenvalue weighted by atomic mass is 10.1. The first-order valence-corrected chi connectivity index (χ1v) is 10.6. The highest BCUT2D eigenvalue weighted by Crippen LogP contribution is 2.23. The van der Waals surface area contributed by atoms with Crippen LogP contribution in [0.2, 0.25) is 0 Å². The molecular formula is C22H26N4O2S. The number of carbonyl (C=O) groups is 1. The number of nitrogens with one attached hydrogen (secondary N) is 1. The number of hydrogen-bond donors (Lipinski definition) is 1. The van der Waals surface area contributed by atoms with Gasteiger partial charge in [0.1, 0.15) is 12.4 Å². The van der Waals surface area contributed by atoms with Gasteiger partial charge in [-0.25, -0.2) is 0 Å². The normalized spacial score (nSPS) is 10.7. The van der Waals surface area contributed by atoms with E-state index in [0.29, 0.717) is 13.2 Å². The van der Waals surface area contributed by atoms with E-state index in [1.54, 1.807) is 0 Å². The van der Waals surface area contributed by atoms with E-state index < -0.39 is 0 Å². The Bertz CT molecular complexity index is 957. The van der Waals surface area contributed by atoms with Crippen molar-refractivity contribution in [1.82, 2.24) is 20.1 Å². The van der Waals surface area contributed by atoms with Crippen LogP contribution in [0.25, 0.3) is 11.4 Å². The zero-order chi connectivity index (χ0) is 20.6. The smallest absolute Gasteiger partial charge is 0.230 e. The topological polar surface area (TPSA) is 69.0 Å². The number of hydrogen-bond acceptors (Lipinski definition) is 5. The van der Waals surface area contributed by atoms with Crippen LogP contribution in [0.4, 0.5) is 0 Å². The summed E-state index contributed by atoms with van der Waals surface area (Å²) in [5.74, 6) is 1.91. The maximum atomic E-state index is 12.2. The fraction of sp³-hybridized carbons (Fsp3) is 0.318. The first-order chi connectivity index (χ1) is 14.1. The molecule has 0 radical (unpaired) electrons. The summed E-state index contributed by atoms with van der Waals surface area (Å²) < 4.78 is 7.77. The standard InChI is InChI=1S/C22H26N4O2S/c1-4-26-21(18-8-6-5-7-9-18)24-25-22(26)29-15-20(27)23-12-13-28-19-11-10-16(2)14-17(19)3/h5-11,14H,4,12-13,15H2,1-3H3,(H,23,27). The van der Waals surface area contributed by atoms with E-state index in [2.05, 4.69) is 28.5 Å². The van der Waals surface area contributed by atoms with E-state index in [0.717, 1.165) is 34.4 Å². The Labute approximate surface area is 175 Å². The molecule has 1 heterocycles. The van der Waals surface area contributed by atoms with Gasteiger partial charge in [0.15, 0.2) is 11.0 Å². The molecule has 152 valence electrons. The predicted molar refractivity (Wildman–Crippen MR) is 116 cm³/mol. The molecule has 29 heavy (non-hydrogen) atoms. The van der Waals surface area contributed by atoms with E-state index in [9.17, 15) is 4.79 Å². The highest BCUT2D eigenvalue weighted by molar-refractivity contribution is 7.99. The summed E-state index contributed by atoms with van der Waals surface area (Å²) in [5, 5.41) is 12.2. The van der Waals surface area contributed by atoms with Gasteiger partial charge >= 0.3 is 0 Å². The summed E-state index contributed by atoms with van der Waals surface area (Å²) in [6.07, 6.45) is 0. The number of aromatic nitrogens is 3. The first-order valence-electron chi connectivity index (χ1n) is 9.66. The Morgan fingerprint density at radius 1 is 1.14 bits per heavy atom. The van der Waals surface area contributed by atoms with Crippen LogP contribution in [0.15, 0.2) is 53.7 Å². The van der Waals surface area contributed by atoms with Crippen molar-refractivity contribution in [2.45, 2.75) is 32.5 Å². The van der Waals surface area contributed by atoms with Gasteiger partial charge in [0.05, 0.1) is 12.3 Å². The van der Waals surface area contributed by atoms with Crippen LogP contribution in [0.5, 0.6) is 5.75 Å². The highest BCUT2D eigenvalue weighted by Gasteiger charge is 2.14. The van der Waals surface area contributed by atoms with Gasteiger partial charge in [0.2, 0.25) is 5.91 Å². The molecule has 3 aromatic rings. The van der Waals surface area contributed by atoms with Crippen LogP contribution in [0.3, 0.4) is 0 Å². The maximum Gasteiger partial charge on any atom is 0.230 e. The van der Waals surface area contributed by atoms with Gasteiger partial charge in [-0.15, -0.1) is 10.2 Å². The summed E-state index contributed by atoms with van der Waals surface area (Å²) in [4.78, 5) is 12.2. The highest BCUT2D eigenvalue weighted by atomic mass is 32.2. The minimum atomic E-state index is -0.0499. The number of nitrogens with zero attached hydrogens (tertiary/aromatic N) is 3. The average Bonchev–Trinajstić information content (AvgIpc) is 3.14. The van der Waals surface area contributed by atoms with Gasteiger partial charge in [0, 0.05) is 12.1 Å². The fourth-order valence-electron chi connectivity index (χ4n) is 2.98. The number of benzene rings is 2. The van der Waals surface area contributed by atoms with E-state index in [1.165, 1.54) is 17.3 Å². The summed E-state index contributed by atoms with van der Waals surface area (Å²) in [6, 6.07) is 16.0. The summed E-state index contributed by atoms with van der Waals surface area (Å²) in [5.41, 5.74) is 3.32. The molecule has 1 N–H and O–H groups in total. The van der Waals surface area contributed by atoms with Gasteiger partial charge in [-0.1, -0.05) is 59.8 Å². The molecule has 0 spiro atoms. The van der Waals surface area contributed by atoms with E-state index in [1.807, 2.05) is 60.9 Å². The molecule has 0 aliphatic heterocycles. The molecule has 7 heteroatoms. The Kier molecular flexibility index (Phi) is 7.30. The Balaban J connectivity index is 1.46. The van der Waals surface area contributed by atoms with E-state index in [4.69, 9.17) is 4.74 Å². The maximum absolute atomic E-state index is 12.2. The number of thioether (sulfide) groups is 1. The quantitative estimate of drug-likeness (QED) is 0.428. The number of amides is 1. The molecule has 0 fully saturated rings. The number of ether oxygens (including phenoxy) is 1. The summed E-state index contributed by atoms with van der Waals surface area (Å²) >= 11 is 1.39. The Hall–Kier alpha value is -2.80. The van der Waals surface area contributed by atoms with E-state index >= 15 is 0 Å². The number of rotatable bonds is 9. The van der Waals surface area contributed by atoms with Gasteiger partial charge in [-0.05, 0) is 32.4 Å². The fourth-order valence-corrected chi connectivity index (χ4v) is 3.81. The largest absolute Gasteiger partial charge is 0.491 e. The van der Waals surface area contributed by atoms with Gasteiger partial charge < -0.3 is 14.6 Å².